The maximum absolute atomic E-state index is 11.6. The average Bonchev–Trinajstić information content (AvgIpc) is 2.71. The topological polar surface area (TPSA) is 44.1 Å². The fourth-order valence-electron chi connectivity index (χ4n) is 1.90. The van der Waals surface area contributed by atoms with Crippen LogP contribution in [0.1, 0.15) is 24.2 Å². The predicted molar refractivity (Wildman–Crippen MR) is 78.6 cm³/mol. The van der Waals surface area contributed by atoms with E-state index in [4.69, 9.17) is 4.74 Å². The van der Waals surface area contributed by atoms with E-state index >= 15 is 0 Å². The minimum atomic E-state index is -0.313. The second kappa shape index (κ2) is 5.26. The summed E-state index contributed by atoms with van der Waals surface area (Å²) in [7, 11) is 1.39. The summed E-state index contributed by atoms with van der Waals surface area (Å²) >= 11 is 2.20. The van der Waals surface area contributed by atoms with Crippen LogP contribution in [0.4, 0.5) is 0 Å². The molecule has 0 bridgehead atoms. The normalized spacial score (nSPS) is 11.2. The number of halogens is 1. The molecule has 0 N–H and O–H groups in total. The molecule has 0 spiro atoms. The van der Waals surface area contributed by atoms with Crippen LogP contribution in [-0.4, -0.2) is 22.6 Å². The number of esters is 1. The summed E-state index contributed by atoms with van der Waals surface area (Å²) in [4.78, 5) is 16.0. The third-order valence-electron chi connectivity index (χ3n) is 2.66. The number of aromatic nitrogens is 2. The Balaban J connectivity index is 2.57. The number of carbonyl (C=O) groups is 1. The molecule has 0 aliphatic heterocycles. The highest BCUT2D eigenvalue weighted by atomic mass is 127. The number of imidazole rings is 1. The SMILES string of the molecule is COC(=O)c1cc(I)c2ncn(CC(C)C)c2c1. The van der Waals surface area contributed by atoms with E-state index in [1.165, 1.54) is 7.11 Å². The van der Waals surface area contributed by atoms with Gasteiger partial charge in [0.15, 0.2) is 0 Å². The van der Waals surface area contributed by atoms with Gasteiger partial charge in [0.2, 0.25) is 0 Å². The van der Waals surface area contributed by atoms with Crippen molar-refractivity contribution in [3.8, 4) is 0 Å². The summed E-state index contributed by atoms with van der Waals surface area (Å²) < 4.78 is 7.81. The van der Waals surface area contributed by atoms with Crippen LogP contribution >= 0.6 is 22.6 Å². The van der Waals surface area contributed by atoms with Crippen LogP contribution in [0.2, 0.25) is 0 Å². The van der Waals surface area contributed by atoms with Crippen molar-refractivity contribution in [2.75, 3.05) is 7.11 Å². The fraction of sp³-hybridized carbons (Fsp3) is 0.385. The monoisotopic (exact) mass is 358 g/mol. The minimum absolute atomic E-state index is 0.313. The van der Waals surface area contributed by atoms with Crippen LogP contribution in [0.3, 0.4) is 0 Å². The highest BCUT2D eigenvalue weighted by Crippen LogP contribution is 2.23. The molecule has 2 aromatic rings. The molecule has 0 aliphatic carbocycles. The fourth-order valence-corrected chi connectivity index (χ4v) is 2.65. The summed E-state index contributed by atoms with van der Waals surface area (Å²) in [5.74, 6) is 0.217. The zero-order chi connectivity index (χ0) is 13.3. The van der Waals surface area contributed by atoms with E-state index < -0.39 is 0 Å². The van der Waals surface area contributed by atoms with Gasteiger partial charge in [-0.15, -0.1) is 0 Å². The number of nitrogens with zero attached hydrogens (tertiary/aromatic N) is 2. The lowest BCUT2D eigenvalue weighted by molar-refractivity contribution is 0.0601. The first-order valence-electron chi connectivity index (χ1n) is 5.75. The Morgan fingerprint density at radius 2 is 2.22 bits per heavy atom. The Morgan fingerprint density at radius 1 is 1.50 bits per heavy atom. The van der Waals surface area contributed by atoms with Gasteiger partial charge in [0.25, 0.3) is 0 Å². The zero-order valence-corrected chi connectivity index (χ0v) is 12.8. The number of benzene rings is 1. The zero-order valence-electron chi connectivity index (χ0n) is 10.6. The standard InChI is InChI=1S/C13H15IN2O2/c1-8(2)6-16-7-15-12-10(14)4-9(5-11(12)16)13(17)18-3/h4-5,7-8H,6H2,1-3H3. The van der Waals surface area contributed by atoms with E-state index in [0.717, 1.165) is 21.1 Å². The molecule has 0 aliphatic rings. The largest absolute Gasteiger partial charge is 0.465 e. The molecule has 0 amide bonds. The van der Waals surface area contributed by atoms with Crippen molar-refractivity contribution in [2.24, 2.45) is 5.92 Å². The highest BCUT2D eigenvalue weighted by molar-refractivity contribution is 14.1. The van der Waals surface area contributed by atoms with Gasteiger partial charge in [-0.3, -0.25) is 0 Å². The lowest BCUT2D eigenvalue weighted by atomic mass is 10.2. The van der Waals surface area contributed by atoms with Gasteiger partial charge < -0.3 is 9.30 Å². The van der Waals surface area contributed by atoms with Crippen molar-refractivity contribution < 1.29 is 9.53 Å². The Labute approximate surface area is 119 Å². The summed E-state index contributed by atoms with van der Waals surface area (Å²) in [6.45, 7) is 5.19. The second-order valence-corrected chi connectivity index (χ2v) is 5.77. The molecule has 1 aromatic heterocycles. The van der Waals surface area contributed by atoms with Crippen molar-refractivity contribution in [3.05, 3.63) is 27.6 Å². The van der Waals surface area contributed by atoms with Gasteiger partial charge in [-0.2, -0.15) is 0 Å². The molecule has 0 atom stereocenters. The first kappa shape index (κ1) is 13.3. The van der Waals surface area contributed by atoms with Gasteiger partial charge in [0, 0.05) is 10.1 Å². The van der Waals surface area contributed by atoms with Gasteiger partial charge in [-0.05, 0) is 40.6 Å². The smallest absolute Gasteiger partial charge is 0.337 e. The molecule has 5 heteroatoms. The maximum atomic E-state index is 11.6. The molecule has 0 radical (unpaired) electrons. The molecule has 0 saturated carbocycles. The quantitative estimate of drug-likeness (QED) is 0.626. The molecule has 1 aromatic carbocycles. The molecule has 0 unspecified atom stereocenters. The third-order valence-corrected chi connectivity index (χ3v) is 3.48. The van der Waals surface area contributed by atoms with Crippen LogP contribution in [0.25, 0.3) is 11.0 Å². The Kier molecular flexibility index (Phi) is 3.89. The number of fused-ring (bicyclic) bond motifs is 1. The molecular formula is C13H15IN2O2. The average molecular weight is 358 g/mol. The number of ether oxygens (including phenoxy) is 1. The van der Waals surface area contributed by atoms with Crippen LogP contribution in [-0.2, 0) is 11.3 Å². The van der Waals surface area contributed by atoms with E-state index in [1.54, 1.807) is 6.07 Å². The van der Waals surface area contributed by atoms with E-state index in [9.17, 15) is 4.79 Å². The molecule has 2 rings (SSSR count). The summed E-state index contributed by atoms with van der Waals surface area (Å²) in [5, 5.41) is 0. The molecule has 4 nitrogen and oxygen atoms in total. The summed E-state index contributed by atoms with van der Waals surface area (Å²) in [6.07, 6.45) is 1.83. The van der Waals surface area contributed by atoms with Crippen molar-refractivity contribution in [3.63, 3.8) is 0 Å². The minimum Gasteiger partial charge on any atom is -0.465 e. The van der Waals surface area contributed by atoms with E-state index in [0.29, 0.717) is 11.5 Å². The van der Waals surface area contributed by atoms with Gasteiger partial charge >= 0.3 is 5.97 Å². The molecule has 96 valence electrons. The van der Waals surface area contributed by atoms with Crippen LogP contribution in [0.15, 0.2) is 18.5 Å². The molecule has 0 fully saturated rings. The first-order chi connectivity index (χ1) is 8.52. The lowest BCUT2D eigenvalue weighted by Gasteiger charge is -2.08. The number of hydrogen-bond acceptors (Lipinski definition) is 3. The van der Waals surface area contributed by atoms with Gasteiger partial charge in [-0.25, -0.2) is 9.78 Å². The Hall–Kier alpha value is -1.11. The second-order valence-electron chi connectivity index (χ2n) is 4.61. The molecule has 1 heterocycles. The van der Waals surface area contributed by atoms with E-state index in [-0.39, 0.29) is 5.97 Å². The van der Waals surface area contributed by atoms with Crippen LogP contribution in [0, 0.1) is 9.49 Å². The lowest BCUT2D eigenvalue weighted by Crippen LogP contribution is -2.05. The molecule has 18 heavy (non-hydrogen) atoms. The van der Waals surface area contributed by atoms with E-state index in [2.05, 4.69) is 46.0 Å². The van der Waals surface area contributed by atoms with Gasteiger partial charge in [0.1, 0.15) is 5.52 Å². The number of methoxy groups -OCH3 is 1. The van der Waals surface area contributed by atoms with Crippen molar-refractivity contribution in [2.45, 2.75) is 20.4 Å². The number of hydrogen-bond donors (Lipinski definition) is 0. The summed E-state index contributed by atoms with van der Waals surface area (Å²) in [6, 6.07) is 3.65. The van der Waals surface area contributed by atoms with Crippen LogP contribution < -0.4 is 0 Å². The van der Waals surface area contributed by atoms with Gasteiger partial charge in [0.05, 0.1) is 24.5 Å². The summed E-state index contributed by atoms with van der Waals surface area (Å²) in [5.41, 5.74) is 2.49. The van der Waals surface area contributed by atoms with Crippen molar-refractivity contribution in [1.82, 2.24) is 9.55 Å². The Morgan fingerprint density at radius 3 is 2.83 bits per heavy atom. The molecular weight excluding hydrogens is 343 g/mol. The van der Waals surface area contributed by atoms with Gasteiger partial charge in [-0.1, -0.05) is 13.8 Å². The number of rotatable bonds is 3. The highest BCUT2D eigenvalue weighted by Gasteiger charge is 2.13. The first-order valence-corrected chi connectivity index (χ1v) is 6.83. The third kappa shape index (κ3) is 2.50. The van der Waals surface area contributed by atoms with E-state index in [1.807, 2.05) is 12.4 Å². The van der Waals surface area contributed by atoms with Crippen molar-refractivity contribution in [1.29, 1.82) is 0 Å². The molecule has 0 saturated heterocycles. The Bertz CT molecular complexity index is 590. The predicted octanol–water partition coefficient (Wildman–Crippen LogP) is 3.08. The number of carbonyl (C=O) groups excluding carboxylic acids is 1. The van der Waals surface area contributed by atoms with Crippen LogP contribution in [0.5, 0.6) is 0 Å². The van der Waals surface area contributed by atoms with Crippen molar-refractivity contribution >= 4 is 39.6 Å². The maximum Gasteiger partial charge on any atom is 0.337 e.